The lowest BCUT2D eigenvalue weighted by molar-refractivity contribution is 0.631. The monoisotopic (exact) mass is 274 g/mol. The second-order valence-electron chi connectivity index (χ2n) is 4.56. The summed E-state index contributed by atoms with van der Waals surface area (Å²) in [5.41, 5.74) is 3.50. The Bertz CT molecular complexity index is 888. The molecule has 0 unspecified atom stereocenters. The van der Waals surface area contributed by atoms with Crippen molar-refractivity contribution >= 4 is 11.0 Å². The van der Waals surface area contributed by atoms with Crippen LogP contribution in [0.4, 0.5) is 0 Å². The first-order valence-electron chi connectivity index (χ1n) is 6.46. The fourth-order valence-electron chi connectivity index (χ4n) is 2.38. The molecule has 100 valence electrons. The Balaban J connectivity index is 2.07. The molecule has 0 saturated heterocycles. The largest absolute Gasteiger partial charge is 0.455 e. The summed E-state index contributed by atoms with van der Waals surface area (Å²) in [6.45, 7) is 0. The van der Waals surface area contributed by atoms with Gasteiger partial charge < -0.3 is 4.42 Å². The van der Waals surface area contributed by atoms with Crippen LogP contribution in [0.25, 0.3) is 33.4 Å². The first kappa shape index (κ1) is 11.7. The lowest BCUT2D eigenvalue weighted by Crippen LogP contribution is -1.85. The molecule has 1 aromatic carbocycles. The molecule has 4 aromatic rings. The summed E-state index contributed by atoms with van der Waals surface area (Å²) in [7, 11) is 0. The number of hydrogen-bond donors (Lipinski definition) is 0. The molecule has 0 aliphatic rings. The first-order chi connectivity index (χ1) is 10.4. The summed E-state index contributed by atoms with van der Waals surface area (Å²) < 4.78 is 6.00. The van der Waals surface area contributed by atoms with E-state index in [0.717, 1.165) is 33.4 Å². The van der Waals surface area contributed by atoms with E-state index in [1.807, 2.05) is 24.3 Å². The van der Waals surface area contributed by atoms with Crippen LogP contribution in [-0.2, 0) is 0 Å². The molecule has 0 radical (unpaired) electrons. The van der Waals surface area contributed by atoms with Gasteiger partial charge in [0.25, 0.3) is 0 Å². The van der Waals surface area contributed by atoms with Crippen molar-refractivity contribution in [1.82, 2.24) is 19.9 Å². The molecule has 5 nitrogen and oxygen atoms in total. The average Bonchev–Trinajstić information content (AvgIpc) is 2.96. The first-order valence-corrected chi connectivity index (χ1v) is 6.46. The number of aromatic nitrogens is 4. The molecule has 0 spiro atoms. The van der Waals surface area contributed by atoms with E-state index in [2.05, 4.69) is 19.9 Å². The van der Waals surface area contributed by atoms with E-state index >= 15 is 0 Å². The van der Waals surface area contributed by atoms with Crippen LogP contribution in [0, 0.1) is 0 Å². The van der Waals surface area contributed by atoms with Crippen LogP contribution in [0.1, 0.15) is 0 Å². The van der Waals surface area contributed by atoms with Gasteiger partial charge in [-0.2, -0.15) is 0 Å². The fraction of sp³-hybridized carbons (Fsp3) is 0. The second-order valence-corrected chi connectivity index (χ2v) is 4.56. The van der Waals surface area contributed by atoms with Gasteiger partial charge in [0.1, 0.15) is 24.0 Å². The molecule has 3 heterocycles. The summed E-state index contributed by atoms with van der Waals surface area (Å²) >= 11 is 0. The third-order valence-corrected chi connectivity index (χ3v) is 3.27. The molecule has 0 fully saturated rings. The van der Waals surface area contributed by atoms with Crippen LogP contribution >= 0.6 is 0 Å². The minimum atomic E-state index is 0.728. The highest BCUT2D eigenvalue weighted by Gasteiger charge is 2.17. The Kier molecular flexibility index (Phi) is 2.67. The van der Waals surface area contributed by atoms with Gasteiger partial charge in [0.2, 0.25) is 0 Å². The lowest BCUT2D eigenvalue weighted by atomic mass is 10.0. The normalized spacial score (nSPS) is 10.9. The van der Waals surface area contributed by atoms with Gasteiger partial charge in [-0.1, -0.05) is 18.2 Å². The van der Waals surface area contributed by atoms with Crippen LogP contribution in [0.5, 0.6) is 0 Å². The van der Waals surface area contributed by atoms with E-state index in [-0.39, 0.29) is 0 Å². The predicted molar refractivity (Wildman–Crippen MR) is 78.3 cm³/mol. The quantitative estimate of drug-likeness (QED) is 0.561. The number of benzene rings is 1. The number of rotatable bonds is 2. The number of nitrogens with zero attached hydrogens (tertiary/aromatic N) is 4. The van der Waals surface area contributed by atoms with Crippen LogP contribution in [0.15, 0.2) is 66.1 Å². The smallest absolute Gasteiger partial charge is 0.146 e. The van der Waals surface area contributed by atoms with Crippen molar-refractivity contribution in [2.75, 3.05) is 0 Å². The zero-order valence-corrected chi connectivity index (χ0v) is 11.0. The molecule has 0 N–H and O–H groups in total. The molecular weight excluding hydrogens is 264 g/mol. The van der Waals surface area contributed by atoms with E-state index in [0.29, 0.717) is 0 Å². The zero-order valence-electron chi connectivity index (χ0n) is 11.0. The van der Waals surface area contributed by atoms with Gasteiger partial charge in [0, 0.05) is 41.3 Å². The van der Waals surface area contributed by atoms with Gasteiger partial charge in [-0.05, 0) is 6.07 Å². The SMILES string of the molecule is c1ccc2c(-c3cncnc3)c(-c3cncnc3)oc2c1. The molecule has 21 heavy (non-hydrogen) atoms. The third kappa shape index (κ3) is 1.95. The van der Waals surface area contributed by atoms with Gasteiger partial charge in [0.05, 0.1) is 5.56 Å². The van der Waals surface area contributed by atoms with Crippen molar-refractivity contribution in [3.05, 3.63) is 61.7 Å². The highest BCUT2D eigenvalue weighted by molar-refractivity contribution is 6.01. The number of para-hydroxylation sites is 1. The van der Waals surface area contributed by atoms with E-state index in [9.17, 15) is 0 Å². The number of fused-ring (bicyclic) bond motifs is 1. The lowest BCUT2D eigenvalue weighted by Gasteiger charge is -2.02. The van der Waals surface area contributed by atoms with Crippen molar-refractivity contribution in [2.45, 2.75) is 0 Å². The minimum absolute atomic E-state index is 0.728. The van der Waals surface area contributed by atoms with Crippen LogP contribution < -0.4 is 0 Å². The summed E-state index contributed by atoms with van der Waals surface area (Å²) in [5.74, 6) is 0.728. The molecule has 4 rings (SSSR count). The predicted octanol–water partition coefficient (Wildman–Crippen LogP) is 3.35. The highest BCUT2D eigenvalue weighted by Crippen LogP contribution is 2.39. The Labute approximate surface area is 120 Å². The fourth-order valence-corrected chi connectivity index (χ4v) is 2.38. The third-order valence-electron chi connectivity index (χ3n) is 3.27. The summed E-state index contributed by atoms with van der Waals surface area (Å²) in [6.07, 6.45) is 10.0. The maximum atomic E-state index is 6.00. The molecule has 0 atom stereocenters. The van der Waals surface area contributed by atoms with Gasteiger partial charge in [-0.3, -0.25) is 0 Å². The Hall–Kier alpha value is -3.08. The second kappa shape index (κ2) is 4.79. The van der Waals surface area contributed by atoms with E-state index in [1.54, 1.807) is 24.8 Å². The standard InChI is InChI=1S/C16H10N4O/c1-2-4-14-13(3-1)15(11-5-17-9-18-6-11)16(21-14)12-7-19-10-20-8-12/h1-10H. The van der Waals surface area contributed by atoms with Crippen molar-refractivity contribution in [3.63, 3.8) is 0 Å². The van der Waals surface area contributed by atoms with Crippen LogP contribution in [0.2, 0.25) is 0 Å². The molecule has 3 aromatic heterocycles. The molecule has 0 aliphatic heterocycles. The minimum Gasteiger partial charge on any atom is -0.455 e. The van der Waals surface area contributed by atoms with E-state index in [4.69, 9.17) is 4.42 Å². The van der Waals surface area contributed by atoms with Crippen LogP contribution in [0.3, 0.4) is 0 Å². The summed E-state index contributed by atoms with van der Waals surface area (Å²) in [4.78, 5) is 16.3. The Morgan fingerprint density at radius 2 is 1.33 bits per heavy atom. The van der Waals surface area contributed by atoms with Gasteiger partial charge in [-0.15, -0.1) is 0 Å². The highest BCUT2D eigenvalue weighted by atomic mass is 16.3. The topological polar surface area (TPSA) is 64.7 Å². The summed E-state index contributed by atoms with van der Waals surface area (Å²) in [6, 6.07) is 7.89. The Morgan fingerprint density at radius 3 is 2.05 bits per heavy atom. The van der Waals surface area contributed by atoms with Crippen molar-refractivity contribution in [2.24, 2.45) is 0 Å². The molecule has 0 saturated carbocycles. The van der Waals surface area contributed by atoms with E-state index < -0.39 is 0 Å². The van der Waals surface area contributed by atoms with Gasteiger partial charge in [-0.25, -0.2) is 19.9 Å². The number of furan rings is 1. The maximum Gasteiger partial charge on any atom is 0.146 e. The number of hydrogen-bond acceptors (Lipinski definition) is 5. The zero-order chi connectivity index (χ0) is 14.1. The van der Waals surface area contributed by atoms with E-state index in [1.165, 1.54) is 12.7 Å². The van der Waals surface area contributed by atoms with Crippen LogP contribution in [-0.4, -0.2) is 19.9 Å². The maximum absolute atomic E-state index is 6.00. The molecule has 0 amide bonds. The van der Waals surface area contributed by atoms with Crippen molar-refractivity contribution in [1.29, 1.82) is 0 Å². The van der Waals surface area contributed by atoms with Gasteiger partial charge in [0.15, 0.2) is 0 Å². The average molecular weight is 274 g/mol. The Morgan fingerprint density at radius 1 is 0.714 bits per heavy atom. The van der Waals surface area contributed by atoms with Gasteiger partial charge >= 0.3 is 0 Å². The van der Waals surface area contributed by atoms with Crippen molar-refractivity contribution < 1.29 is 4.42 Å². The molecule has 5 heteroatoms. The summed E-state index contributed by atoms with van der Waals surface area (Å²) in [5, 5.41) is 1.02. The molecule has 0 aliphatic carbocycles. The molecular formula is C16H10N4O. The van der Waals surface area contributed by atoms with Crippen molar-refractivity contribution in [3.8, 4) is 22.5 Å². The molecule has 0 bridgehead atoms.